The fourth-order valence-corrected chi connectivity index (χ4v) is 1.55. The first-order valence-corrected chi connectivity index (χ1v) is 5.10. The van der Waals surface area contributed by atoms with E-state index in [4.69, 9.17) is 10.2 Å². The maximum absolute atomic E-state index is 10.9. The van der Waals surface area contributed by atoms with E-state index in [1.165, 1.54) is 0 Å². The van der Waals surface area contributed by atoms with Crippen LogP contribution in [-0.2, 0) is 9.59 Å². The largest absolute Gasteiger partial charge is 0.481 e. The molecule has 0 rings (SSSR count). The fourth-order valence-electron chi connectivity index (χ4n) is 1.55. The summed E-state index contributed by atoms with van der Waals surface area (Å²) in [5, 5.41) is 17.5. The second-order valence-corrected chi connectivity index (χ2v) is 3.74. The molecule has 5 heteroatoms. The zero-order chi connectivity index (χ0) is 12.0. The van der Waals surface area contributed by atoms with E-state index < -0.39 is 18.0 Å². The van der Waals surface area contributed by atoms with E-state index in [-0.39, 0.29) is 19.0 Å². The average molecular weight is 217 g/mol. The Hall–Kier alpha value is -1.10. The molecule has 0 aromatic heterocycles. The lowest BCUT2D eigenvalue weighted by molar-refractivity contribution is -0.146. The van der Waals surface area contributed by atoms with Crippen LogP contribution in [0.1, 0.15) is 33.6 Å². The normalized spacial score (nSPS) is 13.1. The predicted octanol–water partition coefficient (Wildman–Crippen LogP) is 1.03. The lowest BCUT2D eigenvalue weighted by atomic mass is 10.1. The Morgan fingerprint density at radius 1 is 1.27 bits per heavy atom. The molecule has 2 N–H and O–H groups in total. The molecule has 5 nitrogen and oxygen atoms in total. The summed E-state index contributed by atoms with van der Waals surface area (Å²) in [6.07, 6.45) is 0.453. The zero-order valence-corrected chi connectivity index (χ0v) is 9.43. The summed E-state index contributed by atoms with van der Waals surface area (Å²) in [5.74, 6) is -1.79. The molecule has 0 saturated carbocycles. The first-order valence-electron chi connectivity index (χ1n) is 5.10. The van der Waals surface area contributed by atoms with Gasteiger partial charge in [0.15, 0.2) is 0 Å². The highest BCUT2D eigenvalue weighted by Crippen LogP contribution is 2.10. The van der Waals surface area contributed by atoms with E-state index in [0.29, 0.717) is 6.42 Å². The first kappa shape index (κ1) is 13.9. The van der Waals surface area contributed by atoms with Crippen LogP contribution >= 0.6 is 0 Å². The van der Waals surface area contributed by atoms with Gasteiger partial charge in [0.25, 0.3) is 0 Å². The Morgan fingerprint density at radius 3 is 2.07 bits per heavy atom. The number of aliphatic carboxylic acids is 2. The second-order valence-electron chi connectivity index (χ2n) is 3.74. The molecule has 0 aliphatic carbocycles. The Labute approximate surface area is 89.7 Å². The van der Waals surface area contributed by atoms with E-state index in [0.717, 1.165) is 0 Å². The number of hydrogen-bond donors (Lipinski definition) is 2. The van der Waals surface area contributed by atoms with Crippen molar-refractivity contribution in [1.29, 1.82) is 0 Å². The molecule has 0 saturated heterocycles. The Bertz CT molecular complexity index is 227. The molecule has 0 aliphatic rings. The third-order valence-electron chi connectivity index (χ3n) is 2.32. The van der Waals surface area contributed by atoms with E-state index in [2.05, 4.69) is 0 Å². The van der Waals surface area contributed by atoms with Crippen molar-refractivity contribution in [3.63, 3.8) is 0 Å². The van der Waals surface area contributed by atoms with Crippen LogP contribution in [0, 0.1) is 0 Å². The maximum atomic E-state index is 10.9. The van der Waals surface area contributed by atoms with E-state index in [1.54, 1.807) is 11.8 Å². The van der Waals surface area contributed by atoms with Crippen LogP contribution in [-0.4, -0.2) is 45.7 Å². The van der Waals surface area contributed by atoms with Crippen LogP contribution in [0.2, 0.25) is 0 Å². The second kappa shape index (κ2) is 6.40. The zero-order valence-electron chi connectivity index (χ0n) is 9.43. The van der Waals surface area contributed by atoms with Gasteiger partial charge in [0.1, 0.15) is 6.04 Å². The monoisotopic (exact) mass is 217 g/mol. The van der Waals surface area contributed by atoms with E-state index in [1.807, 2.05) is 13.8 Å². The molecule has 0 amide bonds. The summed E-state index contributed by atoms with van der Waals surface area (Å²) in [6.45, 7) is 5.80. The molecule has 0 aromatic carbocycles. The van der Waals surface area contributed by atoms with Crippen LogP contribution in [0.3, 0.4) is 0 Å². The minimum atomic E-state index is -0.902. The van der Waals surface area contributed by atoms with Gasteiger partial charge in [0.2, 0.25) is 0 Å². The molecule has 0 heterocycles. The predicted molar refractivity (Wildman–Crippen MR) is 55.8 cm³/mol. The maximum Gasteiger partial charge on any atom is 0.320 e. The van der Waals surface area contributed by atoms with E-state index >= 15 is 0 Å². The molecule has 88 valence electrons. The van der Waals surface area contributed by atoms with Crippen molar-refractivity contribution in [1.82, 2.24) is 4.90 Å². The number of carbonyl (C=O) groups is 2. The van der Waals surface area contributed by atoms with Gasteiger partial charge in [0, 0.05) is 12.6 Å². The third kappa shape index (κ3) is 4.78. The lowest BCUT2D eigenvalue weighted by Crippen LogP contribution is -2.45. The van der Waals surface area contributed by atoms with Crippen molar-refractivity contribution < 1.29 is 19.8 Å². The summed E-state index contributed by atoms with van der Waals surface area (Å²) in [4.78, 5) is 23.1. The molecule has 15 heavy (non-hydrogen) atoms. The summed E-state index contributed by atoms with van der Waals surface area (Å²) < 4.78 is 0. The number of carboxylic acid groups (broad SMARTS) is 2. The summed E-state index contributed by atoms with van der Waals surface area (Å²) in [7, 11) is 0. The van der Waals surface area contributed by atoms with E-state index in [9.17, 15) is 9.59 Å². The van der Waals surface area contributed by atoms with Gasteiger partial charge in [-0.1, -0.05) is 6.92 Å². The van der Waals surface area contributed by atoms with Crippen molar-refractivity contribution in [2.45, 2.75) is 45.7 Å². The number of hydrogen-bond acceptors (Lipinski definition) is 3. The van der Waals surface area contributed by atoms with Gasteiger partial charge >= 0.3 is 11.9 Å². The highest BCUT2D eigenvalue weighted by molar-refractivity contribution is 5.73. The standard InChI is InChI=1S/C10H19NO4/c1-4-8(10(14)15)11(7(2)3)6-5-9(12)13/h7-8H,4-6H2,1-3H3,(H,12,13)(H,14,15). The van der Waals surface area contributed by atoms with Crippen LogP contribution in [0.15, 0.2) is 0 Å². The Morgan fingerprint density at radius 2 is 1.80 bits per heavy atom. The molecule has 1 atom stereocenters. The molecular formula is C10H19NO4. The highest BCUT2D eigenvalue weighted by atomic mass is 16.4. The lowest BCUT2D eigenvalue weighted by Gasteiger charge is -2.31. The minimum Gasteiger partial charge on any atom is -0.481 e. The molecule has 0 fully saturated rings. The van der Waals surface area contributed by atoms with Crippen molar-refractivity contribution in [2.75, 3.05) is 6.54 Å². The minimum absolute atomic E-state index is 0.0258. The Balaban J connectivity index is 4.48. The molecule has 0 radical (unpaired) electrons. The van der Waals surface area contributed by atoms with Gasteiger partial charge in [-0.25, -0.2) is 0 Å². The SMILES string of the molecule is CCC(C(=O)O)N(CCC(=O)O)C(C)C. The Kier molecular flexibility index (Phi) is 5.93. The number of rotatable bonds is 7. The van der Waals surface area contributed by atoms with Crippen molar-refractivity contribution >= 4 is 11.9 Å². The first-order chi connectivity index (χ1) is 6.90. The molecule has 0 aliphatic heterocycles. The summed E-state index contributed by atoms with van der Waals surface area (Å²) in [6, 6.07) is -0.560. The van der Waals surface area contributed by atoms with Gasteiger partial charge in [0.05, 0.1) is 6.42 Å². The summed E-state index contributed by atoms with van der Waals surface area (Å²) >= 11 is 0. The van der Waals surface area contributed by atoms with Crippen LogP contribution in [0.5, 0.6) is 0 Å². The van der Waals surface area contributed by atoms with Gasteiger partial charge in [-0.2, -0.15) is 0 Å². The molecule has 0 aromatic rings. The van der Waals surface area contributed by atoms with Gasteiger partial charge in [-0.15, -0.1) is 0 Å². The van der Waals surface area contributed by atoms with Crippen LogP contribution in [0.25, 0.3) is 0 Å². The molecule has 0 bridgehead atoms. The van der Waals surface area contributed by atoms with Crippen LogP contribution in [0.4, 0.5) is 0 Å². The highest BCUT2D eigenvalue weighted by Gasteiger charge is 2.25. The van der Waals surface area contributed by atoms with Crippen molar-refractivity contribution in [3.05, 3.63) is 0 Å². The molecule has 0 spiro atoms. The quantitative estimate of drug-likeness (QED) is 0.666. The molecule has 1 unspecified atom stereocenters. The van der Waals surface area contributed by atoms with Gasteiger partial charge in [-0.05, 0) is 20.3 Å². The summed E-state index contributed by atoms with van der Waals surface area (Å²) in [5.41, 5.74) is 0. The van der Waals surface area contributed by atoms with Gasteiger partial charge in [-0.3, -0.25) is 14.5 Å². The van der Waals surface area contributed by atoms with Crippen LogP contribution < -0.4 is 0 Å². The van der Waals surface area contributed by atoms with Crippen molar-refractivity contribution in [2.24, 2.45) is 0 Å². The topological polar surface area (TPSA) is 77.8 Å². The van der Waals surface area contributed by atoms with Gasteiger partial charge < -0.3 is 10.2 Å². The molecular weight excluding hydrogens is 198 g/mol. The number of carboxylic acids is 2. The average Bonchev–Trinajstić information content (AvgIpc) is 2.10. The fraction of sp³-hybridized carbons (Fsp3) is 0.800. The number of nitrogens with zero attached hydrogens (tertiary/aromatic N) is 1. The third-order valence-corrected chi connectivity index (χ3v) is 2.32. The smallest absolute Gasteiger partial charge is 0.320 e. The van der Waals surface area contributed by atoms with Crippen molar-refractivity contribution in [3.8, 4) is 0 Å².